The standard InChI is InChI=1S/C23H25F3N6O2/c1-12(2)32-20(28)16(11-27)19(30-32)15-8-6-14(7-9-15)13(3)21(33)29-18-10-17(34-31-18)22(4,5)23(24,25)26/h6-10,12-13H,28H2,1-5H3,(H,29,31,33). The van der Waals surface area contributed by atoms with Crippen LogP contribution in [0.1, 0.15) is 63.5 Å². The largest absolute Gasteiger partial charge is 0.401 e. The second-order valence-corrected chi connectivity index (χ2v) is 8.79. The van der Waals surface area contributed by atoms with Gasteiger partial charge >= 0.3 is 6.18 Å². The lowest BCUT2D eigenvalue weighted by atomic mass is 9.89. The molecule has 8 nitrogen and oxygen atoms in total. The van der Waals surface area contributed by atoms with E-state index in [4.69, 9.17) is 10.3 Å². The number of carbonyl (C=O) groups is 1. The lowest BCUT2D eigenvalue weighted by molar-refractivity contribution is -0.185. The number of nitrogen functional groups attached to an aromatic ring is 1. The van der Waals surface area contributed by atoms with Crippen LogP contribution in [0.2, 0.25) is 0 Å². The molecule has 1 amide bonds. The van der Waals surface area contributed by atoms with E-state index >= 15 is 0 Å². The number of rotatable bonds is 6. The second kappa shape index (κ2) is 8.85. The Morgan fingerprint density at radius 1 is 1.21 bits per heavy atom. The highest BCUT2D eigenvalue weighted by molar-refractivity contribution is 5.94. The molecule has 1 aromatic carbocycles. The first-order valence-electron chi connectivity index (χ1n) is 10.5. The quantitative estimate of drug-likeness (QED) is 0.509. The monoisotopic (exact) mass is 474 g/mol. The van der Waals surface area contributed by atoms with Gasteiger partial charge in [-0.1, -0.05) is 29.4 Å². The predicted octanol–water partition coefficient (Wildman–Crippen LogP) is 5.15. The van der Waals surface area contributed by atoms with Crippen LogP contribution in [0.4, 0.5) is 24.8 Å². The highest BCUT2D eigenvalue weighted by Gasteiger charge is 2.51. The molecule has 3 N–H and O–H groups in total. The number of hydrogen-bond donors (Lipinski definition) is 2. The van der Waals surface area contributed by atoms with Gasteiger partial charge in [0, 0.05) is 17.7 Å². The van der Waals surface area contributed by atoms with Crippen molar-refractivity contribution in [3.63, 3.8) is 0 Å². The smallest absolute Gasteiger partial charge is 0.383 e. The molecule has 0 spiro atoms. The first-order chi connectivity index (χ1) is 15.8. The van der Waals surface area contributed by atoms with Crippen molar-refractivity contribution in [1.29, 1.82) is 5.26 Å². The third-order valence-corrected chi connectivity index (χ3v) is 5.71. The molecular formula is C23H25F3N6O2. The molecule has 3 rings (SSSR count). The lowest BCUT2D eigenvalue weighted by Crippen LogP contribution is -2.35. The number of amides is 1. The average molecular weight is 474 g/mol. The van der Waals surface area contributed by atoms with Crippen LogP contribution in [0.3, 0.4) is 0 Å². The third-order valence-electron chi connectivity index (χ3n) is 5.71. The van der Waals surface area contributed by atoms with Gasteiger partial charge < -0.3 is 15.6 Å². The number of nitrogens with two attached hydrogens (primary N) is 1. The number of alkyl halides is 3. The van der Waals surface area contributed by atoms with E-state index in [1.54, 1.807) is 35.9 Å². The van der Waals surface area contributed by atoms with Crippen molar-refractivity contribution in [3.05, 3.63) is 47.2 Å². The Kier molecular flexibility index (Phi) is 6.46. The van der Waals surface area contributed by atoms with E-state index in [0.29, 0.717) is 16.8 Å². The van der Waals surface area contributed by atoms with Gasteiger partial charge in [-0.05, 0) is 40.2 Å². The van der Waals surface area contributed by atoms with Gasteiger partial charge in [-0.25, -0.2) is 4.68 Å². The summed E-state index contributed by atoms with van der Waals surface area (Å²) in [5.74, 6) is -1.33. The molecule has 180 valence electrons. The normalized spacial score (nSPS) is 13.1. The molecule has 3 aromatic rings. The van der Waals surface area contributed by atoms with Crippen LogP contribution < -0.4 is 11.1 Å². The minimum atomic E-state index is -4.54. The Morgan fingerprint density at radius 2 is 1.82 bits per heavy atom. The van der Waals surface area contributed by atoms with E-state index in [2.05, 4.69) is 21.6 Å². The summed E-state index contributed by atoms with van der Waals surface area (Å²) in [6.45, 7) is 7.40. The van der Waals surface area contributed by atoms with Gasteiger partial charge in [0.15, 0.2) is 11.6 Å². The van der Waals surface area contributed by atoms with Crippen LogP contribution in [0, 0.1) is 11.3 Å². The molecule has 2 heterocycles. The van der Waals surface area contributed by atoms with E-state index in [1.807, 2.05) is 13.8 Å². The maximum absolute atomic E-state index is 13.2. The summed E-state index contributed by atoms with van der Waals surface area (Å²) in [5.41, 5.74) is 5.82. The van der Waals surface area contributed by atoms with Crippen LogP contribution in [-0.4, -0.2) is 27.0 Å². The Bertz CT molecular complexity index is 1230. The zero-order valence-electron chi connectivity index (χ0n) is 19.4. The van der Waals surface area contributed by atoms with Crippen LogP contribution in [0.25, 0.3) is 11.3 Å². The van der Waals surface area contributed by atoms with Crippen molar-refractivity contribution >= 4 is 17.5 Å². The van der Waals surface area contributed by atoms with Gasteiger partial charge in [-0.2, -0.15) is 23.5 Å². The SMILES string of the molecule is CC(C(=O)Nc1cc(C(C)(C)C(F)(F)F)on1)c1ccc(-c2nn(C(C)C)c(N)c2C#N)cc1. The average Bonchev–Trinajstić information content (AvgIpc) is 3.37. The zero-order chi connectivity index (χ0) is 25.4. The number of nitrogens with zero attached hydrogens (tertiary/aromatic N) is 4. The van der Waals surface area contributed by atoms with E-state index in [1.165, 1.54) is 0 Å². The minimum Gasteiger partial charge on any atom is -0.383 e. The number of nitriles is 1. The summed E-state index contributed by atoms with van der Waals surface area (Å²) >= 11 is 0. The topological polar surface area (TPSA) is 123 Å². The number of halogens is 3. The second-order valence-electron chi connectivity index (χ2n) is 8.79. The van der Waals surface area contributed by atoms with E-state index in [9.17, 15) is 23.2 Å². The molecule has 11 heteroatoms. The molecule has 1 atom stereocenters. The number of nitrogens with one attached hydrogen (secondary N) is 1. The van der Waals surface area contributed by atoms with Crippen molar-refractivity contribution in [2.45, 2.75) is 58.2 Å². The molecule has 2 aromatic heterocycles. The molecular weight excluding hydrogens is 449 g/mol. The molecule has 0 fully saturated rings. The summed E-state index contributed by atoms with van der Waals surface area (Å²) in [7, 11) is 0. The van der Waals surface area contributed by atoms with E-state index in [-0.39, 0.29) is 23.2 Å². The zero-order valence-corrected chi connectivity index (χ0v) is 19.4. The molecule has 34 heavy (non-hydrogen) atoms. The number of aromatic nitrogens is 3. The van der Waals surface area contributed by atoms with Gasteiger partial charge in [0.1, 0.15) is 28.6 Å². The van der Waals surface area contributed by atoms with Crippen molar-refractivity contribution < 1.29 is 22.5 Å². The maximum atomic E-state index is 13.2. The fourth-order valence-electron chi connectivity index (χ4n) is 3.24. The fourth-order valence-corrected chi connectivity index (χ4v) is 3.24. The van der Waals surface area contributed by atoms with Crippen LogP contribution >= 0.6 is 0 Å². The molecule has 0 aliphatic rings. The van der Waals surface area contributed by atoms with Gasteiger partial charge in [0.2, 0.25) is 5.91 Å². The molecule has 0 aliphatic carbocycles. The number of hydrogen-bond acceptors (Lipinski definition) is 6. The minimum absolute atomic E-state index is 0.0254. The number of benzene rings is 1. The summed E-state index contributed by atoms with van der Waals surface area (Å²) in [5, 5.41) is 20.0. The van der Waals surface area contributed by atoms with E-state index < -0.39 is 29.2 Å². The molecule has 0 bridgehead atoms. The van der Waals surface area contributed by atoms with Crippen LogP contribution in [-0.2, 0) is 10.2 Å². The Labute approximate surface area is 194 Å². The summed E-state index contributed by atoms with van der Waals surface area (Å²) in [6.07, 6.45) is -4.54. The van der Waals surface area contributed by atoms with Gasteiger partial charge in [0.25, 0.3) is 0 Å². The molecule has 0 saturated heterocycles. The molecule has 0 radical (unpaired) electrons. The highest BCUT2D eigenvalue weighted by atomic mass is 19.4. The van der Waals surface area contributed by atoms with Gasteiger partial charge in [0.05, 0.1) is 5.92 Å². The lowest BCUT2D eigenvalue weighted by Gasteiger charge is -2.24. The van der Waals surface area contributed by atoms with E-state index in [0.717, 1.165) is 19.9 Å². The number of anilines is 2. The Hall–Kier alpha value is -3.81. The fraction of sp³-hybridized carbons (Fsp3) is 0.391. The van der Waals surface area contributed by atoms with Crippen molar-refractivity contribution in [2.75, 3.05) is 11.1 Å². The van der Waals surface area contributed by atoms with Gasteiger partial charge in [-0.3, -0.25) is 4.79 Å². The summed E-state index contributed by atoms with van der Waals surface area (Å²) in [4.78, 5) is 12.7. The first-order valence-corrected chi connectivity index (χ1v) is 10.5. The van der Waals surface area contributed by atoms with Crippen LogP contribution in [0.15, 0.2) is 34.9 Å². The summed E-state index contributed by atoms with van der Waals surface area (Å²) in [6, 6.07) is 10.0. The van der Waals surface area contributed by atoms with Crippen LogP contribution in [0.5, 0.6) is 0 Å². The Morgan fingerprint density at radius 3 is 2.35 bits per heavy atom. The summed E-state index contributed by atoms with van der Waals surface area (Å²) < 4.78 is 46.0. The van der Waals surface area contributed by atoms with Crippen molar-refractivity contribution in [2.24, 2.45) is 0 Å². The molecule has 0 aliphatic heterocycles. The number of carbonyl (C=O) groups excluding carboxylic acids is 1. The highest BCUT2D eigenvalue weighted by Crippen LogP contribution is 2.41. The first kappa shape index (κ1) is 24.8. The third kappa shape index (κ3) is 4.48. The van der Waals surface area contributed by atoms with Crippen molar-refractivity contribution in [1.82, 2.24) is 14.9 Å². The predicted molar refractivity (Wildman–Crippen MR) is 120 cm³/mol. The molecule has 0 saturated carbocycles. The molecule has 1 unspecified atom stereocenters. The van der Waals surface area contributed by atoms with Crippen molar-refractivity contribution in [3.8, 4) is 17.3 Å². The Balaban J connectivity index is 1.77. The maximum Gasteiger partial charge on any atom is 0.401 e. The van der Waals surface area contributed by atoms with Gasteiger partial charge in [-0.15, -0.1) is 0 Å².